The van der Waals surface area contributed by atoms with E-state index in [0.717, 1.165) is 37.0 Å². The third kappa shape index (κ3) is 4.28. The van der Waals surface area contributed by atoms with E-state index in [0.29, 0.717) is 11.2 Å². The summed E-state index contributed by atoms with van der Waals surface area (Å²) in [5, 5.41) is 8.10. The normalized spacial score (nSPS) is 19.0. The van der Waals surface area contributed by atoms with Crippen LogP contribution >= 0.6 is 11.8 Å². The van der Waals surface area contributed by atoms with E-state index in [1.807, 2.05) is 11.8 Å². The fourth-order valence-electron chi connectivity index (χ4n) is 2.10. The van der Waals surface area contributed by atoms with Gasteiger partial charge in [-0.3, -0.25) is 0 Å². The van der Waals surface area contributed by atoms with Crippen LogP contribution in [0.2, 0.25) is 0 Å². The van der Waals surface area contributed by atoms with Crippen LogP contribution in [0.4, 0.5) is 0 Å². The molecule has 1 atom stereocenters. The van der Waals surface area contributed by atoms with Crippen LogP contribution in [0.1, 0.15) is 44.8 Å². The molecule has 5 heteroatoms. The zero-order chi connectivity index (χ0) is 12.8. The molecule has 0 aliphatic carbocycles. The van der Waals surface area contributed by atoms with Crippen LogP contribution in [0.3, 0.4) is 0 Å². The van der Waals surface area contributed by atoms with Gasteiger partial charge in [-0.2, -0.15) is 16.7 Å². The highest BCUT2D eigenvalue weighted by atomic mass is 32.2. The maximum atomic E-state index is 5.34. The molecule has 2 rings (SSSR count). The number of rotatable bonds is 6. The lowest BCUT2D eigenvalue weighted by molar-refractivity contribution is 0.312. The number of aromatic nitrogens is 2. The van der Waals surface area contributed by atoms with Gasteiger partial charge >= 0.3 is 0 Å². The Balaban J connectivity index is 1.78. The topological polar surface area (TPSA) is 51.0 Å². The van der Waals surface area contributed by atoms with Gasteiger partial charge in [0.15, 0.2) is 5.82 Å². The Morgan fingerprint density at radius 2 is 2.22 bits per heavy atom. The molecule has 1 unspecified atom stereocenters. The molecular weight excluding hydrogens is 246 g/mol. The highest BCUT2D eigenvalue weighted by Crippen LogP contribution is 2.20. The molecule has 102 valence electrons. The van der Waals surface area contributed by atoms with Gasteiger partial charge in [0.05, 0.1) is 5.75 Å². The van der Waals surface area contributed by atoms with Crippen molar-refractivity contribution in [2.24, 2.45) is 5.92 Å². The predicted molar refractivity (Wildman–Crippen MR) is 74.6 cm³/mol. The largest absolute Gasteiger partial charge is 0.339 e. The first-order valence-corrected chi connectivity index (χ1v) is 7.96. The number of nitrogens with one attached hydrogen (secondary N) is 1. The van der Waals surface area contributed by atoms with Crippen molar-refractivity contribution < 1.29 is 4.52 Å². The van der Waals surface area contributed by atoms with E-state index in [1.54, 1.807) is 0 Å². The minimum Gasteiger partial charge on any atom is -0.339 e. The van der Waals surface area contributed by atoms with Crippen molar-refractivity contribution in [2.45, 2.75) is 50.5 Å². The predicted octanol–water partition coefficient (Wildman–Crippen LogP) is 2.64. The summed E-state index contributed by atoms with van der Waals surface area (Å²) in [6.45, 7) is 6.68. The van der Waals surface area contributed by atoms with Crippen LogP contribution in [0, 0.1) is 5.92 Å². The highest BCUT2D eigenvalue weighted by molar-refractivity contribution is 7.99. The van der Waals surface area contributed by atoms with Crippen molar-refractivity contribution >= 4 is 11.8 Å². The molecule has 1 saturated heterocycles. The van der Waals surface area contributed by atoms with Crippen LogP contribution < -0.4 is 5.32 Å². The molecule has 0 bridgehead atoms. The van der Waals surface area contributed by atoms with Gasteiger partial charge in [-0.15, -0.1) is 0 Å². The van der Waals surface area contributed by atoms with E-state index in [2.05, 4.69) is 29.3 Å². The maximum Gasteiger partial charge on any atom is 0.226 e. The number of piperidine rings is 1. The molecule has 18 heavy (non-hydrogen) atoms. The fraction of sp³-hybridized carbons (Fsp3) is 0.846. The number of thioether (sulfide) groups is 1. The molecule has 1 aliphatic rings. The van der Waals surface area contributed by atoms with Crippen molar-refractivity contribution in [3.05, 3.63) is 11.7 Å². The van der Waals surface area contributed by atoms with E-state index >= 15 is 0 Å². The summed E-state index contributed by atoms with van der Waals surface area (Å²) in [6.07, 6.45) is 4.58. The van der Waals surface area contributed by atoms with Crippen molar-refractivity contribution in [1.29, 1.82) is 0 Å². The standard InChI is InChI=1S/C13H23N3OS/c1-3-10(2)18-9-12-15-13(17-16-12)8-11-4-6-14-7-5-11/h10-11,14H,3-9H2,1-2H3. The lowest BCUT2D eigenvalue weighted by Gasteiger charge is -2.20. The number of nitrogens with zero attached hydrogens (tertiary/aromatic N) is 2. The zero-order valence-electron chi connectivity index (χ0n) is 11.3. The lowest BCUT2D eigenvalue weighted by Crippen LogP contribution is -2.28. The van der Waals surface area contributed by atoms with Gasteiger partial charge in [0.2, 0.25) is 5.89 Å². The Morgan fingerprint density at radius 1 is 1.44 bits per heavy atom. The van der Waals surface area contributed by atoms with Gasteiger partial charge in [-0.1, -0.05) is 19.0 Å². The second-order valence-corrected chi connectivity index (χ2v) is 6.46. The Bertz CT molecular complexity index is 350. The Kier molecular flexibility index (Phi) is 5.50. The van der Waals surface area contributed by atoms with Crippen LogP contribution in [0.25, 0.3) is 0 Å². The lowest BCUT2D eigenvalue weighted by atomic mass is 9.95. The number of hydrogen-bond acceptors (Lipinski definition) is 5. The molecule has 0 saturated carbocycles. The Labute approximate surface area is 113 Å². The summed E-state index contributed by atoms with van der Waals surface area (Å²) in [5.74, 6) is 3.25. The fourth-order valence-corrected chi connectivity index (χ4v) is 2.89. The van der Waals surface area contributed by atoms with Crippen LogP contribution in [0.5, 0.6) is 0 Å². The molecular formula is C13H23N3OS. The second kappa shape index (κ2) is 7.14. The first kappa shape index (κ1) is 13.9. The smallest absolute Gasteiger partial charge is 0.226 e. The summed E-state index contributed by atoms with van der Waals surface area (Å²) < 4.78 is 5.34. The Morgan fingerprint density at radius 3 is 2.94 bits per heavy atom. The number of hydrogen-bond donors (Lipinski definition) is 1. The quantitative estimate of drug-likeness (QED) is 0.860. The van der Waals surface area contributed by atoms with Crippen molar-refractivity contribution in [2.75, 3.05) is 13.1 Å². The van der Waals surface area contributed by atoms with Gasteiger partial charge in [-0.05, 0) is 38.3 Å². The van der Waals surface area contributed by atoms with E-state index in [4.69, 9.17) is 4.52 Å². The molecule has 0 radical (unpaired) electrons. The molecule has 0 spiro atoms. The minimum absolute atomic E-state index is 0.663. The molecule has 4 nitrogen and oxygen atoms in total. The van der Waals surface area contributed by atoms with Crippen molar-refractivity contribution in [3.63, 3.8) is 0 Å². The minimum atomic E-state index is 0.663. The molecule has 1 aromatic rings. The summed E-state index contributed by atoms with van der Waals surface area (Å²) >= 11 is 1.89. The third-order valence-corrected chi connectivity index (χ3v) is 4.83. The van der Waals surface area contributed by atoms with Gasteiger partial charge in [0.1, 0.15) is 0 Å². The summed E-state index contributed by atoms with van der Waals surface area (Å²) in [4.78, 5) is 4.49. The molecule has 0 aromatic carbocycles. The average molecular weight is 269 g/mol. The summed E-state index contributed by atoms with van der Waals surface area (Å²) in [6, 6.07) is 0. The van der Waals surface area contributed by atoms with Crippen LogP contribution in [-0.4, -0.2) is 28.5 Å². The maximum absolute atomic E-state index is 5.34. The highest BCUT2D eigenvalue weighted by Gasteiger charge is 2.17. The van der Waals surface area contributed by atoms with Crippen LogP contribution in [-0.2, 0) is 12.2 Å². The van der Waals surface area contributed by atoms with Gasteiger partial charge in [0.25, 0.3) is 0 Å². The second-order valence-electron chi connectivity index (χ2n) is 5.03. The molecule has 1 fully saturated rings. The Hall–Kier alpha value is -0.550. The third-order valence-electron chi connectivity index (χ3n) is 3.50. The van der Waals surface area contributed by atoms with Crippen LogP contribution in [0.15, 0.2) is 4.52 Å². The van der Waals surface area contributed by atoms with Gasteiger partial charge in [-0.25, -0.2) is 0 Å². The van der Waals surface area contributed by atoms with Gasteiger partial charge < -0.3 is 9.84 Å². The van der Waals surface area contributed by atoms with E-state index in [9.17, 15) is 0 Å². The van der Waals surface area contributed by atoms with Crippen molar-refractivity contribution in [3.8, 4) is 0 Å². The first-order chi connectivity index (χ1) is 8.78. The first-order valence-electron chi connectivity index (χ1n) is 6.91. The summed E-state index contributed by atoms with van der Waals surface area (Å²) in [5.41, 5.74) is 0. The SMILES string of the molecule is CCC(C)SCc1noc(CC2CCNCC2)n1. The molecule has 0 amide bonds. The van der Waals surface area contributed by atoms with Crippen molar-refractivity contribution in [1.82, 2.24) is 15.5 Å². The molecule has 2 heterocycles. The van der Waals surface area contributed by atoms with E-state index in [-0.39, 0.29) is 0 Å². The molecule has 1 N–H and O–H groups in total. The molecule has 1 aliphatic heterocycles. The summed E-state index contributed by atoms with van der Waals surface area (Å²) in [7, 11) is 0. The van der Waals surface area contributed by atoms with Gasteiger partial charge in [0, 0.05) is 11.7 Å². The zero-order valence-corrected chi connectivity index (χ0v) is 12.1. The molecule has 1 aromatic heterocycles. The average Bonchev–Trinajstić information content (AvgIpc) is 2.85. The monoisotopic (exact) mass is 269 g/mol. The van der Waals surface area contributed by atoms with E-state index in [1.165, 1.54) is 19.3 Å². The van der Waals surface area contributed by atoms with E-state index < -0.39 is 0 Å².